The number of benzene rings is 1. The molecule has 1 saturated heterocycles. The van der Waals surface area contributed by atoms with Gasteiger partial charge in [0.25, 0.3) is 10.9 Å². The summed E-state index contributed by atoms with van der Waals surface area (Å²) in [6.07, 6.45) is 0.567. The summed E-state index contributed by atoms with van der Waals surface area (Å²) in [6.45, 7) is 6.14. The van der Waals surface area contributed by atoms with Gasteiger partial charge in [-0.2, -0.15) is 0 Å². The fourth-order valence-electron chi connectivity index (χ4n) is 3.48. The van der Waals surface area contributed by atoms with Crippen LogP contribution in [0.15, 0.2) is 39.9 Å². The maximum Gasteiger partial charge on any atom is 0.407 e. The van der Waals surface area contributed by atoms with Gasteiger partial charge in [0.15, 0.2) is 0 Å². The van der Waals surface area contributed by atoms with Gasteiger partial charge in [-0.25, -0.2) is 13.2 Å². The largest absolute Gasteiger partial charge is 0.444 e. The highest BCUT2D eigenvalue weighted by molar-refractivity contribution is 7.91. The number of alkyl carbamates (subject to hydrolysis) is 1. The molecule has 1 amide bonds. The van der Waals surface area contributed by atoms with Crippen LogP contribution >= 0.6 is 0 Å². The zero-order valence-corrected chi connectivity index (χ0v) is 18.6. The van der Waals surface area contributed by atoms with E-state index in [9.17, 15) is 22.8 Å². The Morgan fingerprint density at radius 1 is 1.10 bits per heavy atom. The maximum absolute atomic E-state index is 12.5. The lowest BCUT2D eigenvalue weighted by atomic mass is 10.0. The second kappa shape index (κ2) is 8.70. The Balaban J connectivity index is 1.63. The van der Waals surface area contributed by atoms with Crippen molar-refractivity contribution in [1.82, 2.24) is 5.32 Å². The van der Waals surface area contributed by atoms with E-state index in [1.54, 1.807) is 56.0 Å². The molecular formula is C21H27N3O6S. The molecule has 1 aliphatic rings. The number of carbonyl (C=O) groups is 1. The van der Waals surface area contributed by atoms with Gasteiger partial charge in [0.1, 0.15) is 17.0 Å². The number of hydrogen-bond acceptors (Lipinski definition) is 7. The van der Waals surface area contributed by atoms with Crippen LogP contribution in [0.1, 0.15) is 39.2 Å². The normalized spacial score (nSPS) is 15.6. The molecule has 31 heavy (non-hydrogen) atoms. The molecular weight excluding hydrogens is 422 g/mol. The second-order valence-corrected chi connectivity index (χ2v) is 10.4. The molecule has 0 aliphatic carbocycles. The molecule has 3 rings (SSSR count). The van der Waals surface area contributed by atoms with Crippen LogP contribution in [0.25, 0.3) is 0 Å². The molecule has 1 aliphatic heterocycles. The summed E-state index contributed by atoms with van der Waals surface area (Å²) >= 11 is 0. The molecule has 1 fully saturated rings. The highest BCUT2D eigenvalue weighted by Gasteiger charge is 2.32. The van der Waals surface area contributed by atoms with Gasteiger partial charge >= 0.3 is 6.09 Å². The molecule has 2 aromatic rings. The number of nitrogens with zero attached hydrogens (tertiary/aromatic N) is 1. The van der Waals surface area contributed by atoms with Crippen LogP contribution in [0.5, 0.6) is 0 Å². The van der Waals surface area contributed by atoms with E-state index in [-0.39, 0.29) is 23.2 Å². The van der Waals surface area contributed by atoms with Crippen molar-refractivity contribution in [1.29, 1.82) is 0 Å². The van der Waals surface area contributed by atoms with E-state index in [4.69, 9.17) is 4.74 Å². The van der Waals surface area contributed by atoms with Crippen LogP contribution in [0.3, 0.4) is 0 Å². The van der Waals surface area contributed by atoms with Crippen molar-refractivity contribution in [2.45, 2.75) is 51.0 Å². The van der Waals surface area contributed by atoms with Crippen molar-refractivity contribution in [3.63, 3.8) is 0 Å². The number of nitrogens with one attached hydrogen (secondary N) is 2. The van der Waals surface area contributed by atoms with Gasteiger partial charge in [-0.1, -0.05) is 30.3 Å². The monoisotopic (exact) mass is 449 g/mol. The van der Waals surface area contributed by atoms with Crippen LogP contribution in [0, 0.1) is 0 Å². The number of rotatable bonds is 6. The first-order valence-electron chi connectivity index (χ1n) is 10.1. The van der Waals surface area contributed by atoms with Gasteiger partial charge in [-0.15, -0.1) is 0 Å². The molecule has 168 valence electrons. The Morgan fingerprint density at radius 2 is 1.71 bits per heavy atom. The molecule has 0 bridgehead atoms. The highest BCUT2D eigenvalue weighted by atomic mass is 32.2. The molecule has 2 aromatic carbocycles. The summed E-state index contributed by atoms with van der Waals surface area (Å²) in [4.78, 5) is 37.8. The fraction of sp³-hybridized carbons (Fsp3) is 0.476. The number of piperidine rings is 1. The predicted octanol–water partition coefficient (Wildman–Crippen LogP) is 1.72. The third-order valence-electron chi connectivity index (χ3n) is 4.87. The van der Waals surface area contributed by atoms with Crippen molar-refractivity contribution < 1.29 is 17.9 Å². The SMILES string of the molecule is CC(C)(C)OC(=O)NC1CCN(c2c(NS(=O)(=O)Cc3ccccc3)c(=O)c2=O)CC1. The summed E-state index contributed by atoms with van der Waals surface area (Å²) in [5.41, 5.74) is -1.64. The van der Waals surface area contributed by atoms with E-state index in [1.165, 1.54) is 0 Å². The van der Waals surface area contributed by atoms with Gasteiger partial charge in [-0.05, 0) is 39.2 Å². The lowest BCUT2D eigenvalue weighted by Crippen LogP contribution is -2.50. The standard InChI is InChI=1S/C21H27N3O6S/c1-21(2,3)30-20(27)22-15-9-11-24(12-10-15)17-16(18(25)19(17)26)23-31(28,29)13-14-7-5-4-6-8-14/h4-8,15,23H,9-13H2,1-3H3,(H,22,27). The smallest absolute Gasteiger partial charge is 0.407 e. The third-order valence-corrected chi connectivity index (χ3v) is 6.10. The van der Waals surface area contributed by atoms with Crippen molar-refractivity contribution in [2.75, 3.05) is 22.7 Å². The van der Waals surface area contributed by atoms with Crippen molar-refractivity contribution in [3.05, 3.63) is 56.3 Å². The number of hydrogen-bond donors (Lipinski definition) is 2. The average Bonchev–Trinajstić information content (AvgIpc) is 2.67. The second-order valence-electron chi connectivity index (χ2n) is 8.64. The van der Waals surface area contributed by atoms with E-state index in [2.05, 4.69) is 10.0 Å². The minimum Gasteiger partial charge on any atom is -0.444 e. The molecule has 0 spiro atoms. The molecule has 2 N–H and O–H groups in total. The van der Waals surface area contributed by atoms with Crippen molar-refractivity contribution >= 4 is 27.5 Å². The van der Waals surface area contributed by atoms with Crippen LogP contribution in [0.2, 0.25) is 0 Å². The Kier molecular flexibility index (Phi) is 6.40. The zero-order chi connectivity index (χ0) is 22.8. The first-order valence-corrected chi connectivity index (χ1v) is 11.7. The van der Waals surface area contributed by atoms with Gasteiger partial charge in [-0.3, -0.25) is 14.3 Å². The minimum absolute atomic E-state index is 0.0948. The predicted molar refractivity (Wildman–Crippen MR) is 119 cm³/mol. The van der Waals surface area contributed by atoms with E-state index in [1.807, 2.05) is 0 Å². The maximum atomic E-state index is 12.5. The van der Waals surface area contributed by atoms with Crippen molar-refractivity contribution in [2.24, 2.45) is 0 Å². The molecule has 9 nitrogen and oxygen atoms in total. The summed E-state index contributed by atoms with van der Waals surface area (Å²) < 4.78 is 32.5. The van der Waals surface area contributed by atoms with E-state index in [0.29, 0.717) is 31.5 Å². The lowest BCUT2D eigenvalue weighted by Gasteiger charge is -2.35. The molecule has 1 heterocycles. The molecule has 0 atom stereocenters. The Hall–Kier alpha value is -2.88. The number of anilines is 2. The quantitative estimate of drug-likeness (QED) is 0.644. The molecule has 0 radical (unpaired) electrons. The van der Waals surface area contributed by atoms with Crippen molar-refractivity contribution in [3.8, 4) is 0 Å². The first kappa shape index (κ1) is 22.8. The van der Waals surface area contributed by atoms with Crippen LogP contribution in [-0.4, -0.2) is 39.2 Å². The summed E-state index contributed by atoms with van der Waals surface area (Å²) in [5, 5.41) is 2.80. The molecule has 0 unspecified atom stereocenters. The highest BCUT2D eigenvalue weighted by Crippen LogP contribution is 2.25. The summed E-state index contributed by atoms with van der Waals surface area (Å²) in [5.74, 6) is -0.298. The third kappa shape index (κ3) is 5.84. The van der Waals surface area contributed by atoms with E-state index in [0.717, 1.165) is 0 Å². The van der Waals surface area contributed by atoms with Crippen LogP contribution in [-0.2, 0) is 20.5 Å². The topological polar surface area (TPSA) is 122 Å². The molecule has 0 aromatic heterocycles. The summed E-state index contributed by atoms with van der Waals surface area (Å²) in [6, 6.07) is 8.44. The van der Waals surface area contributed by atoms with Gasteiger partial charge in [0.05, 0.1) is 5.75 Å². The zero-order valence-electron chi connectivity index (χ0n) is 17.8. The van der Waals surface area contributed by atoms with Gasteiger partial charge in [0, 0.05) is 19.1 Å². The van der Waals surface area contributed by atoms with Crippen LogP contribution < -0.4 is 25.8 Å². The average molecular weight is 450 g/mol. The fourth-order valence-corrected chi connectivity index (χ4v) is 4.69. The first-order chi connectivity index (χ1) is 14.5. The summed E-state index contributed by atoms with van der Waals surface area (Å²) in [7, 11) is -3.85. The Morgan fingerprint density at radius 3 is 2.29 bits per heavy atom. The number of ether oxygens (including phenoxy) is 1. The number of amides is 1. The Labute approximate surface area is 181 Å². The lowest BCUT2D eigenvalue weighted by molar-refractivity contribution is 0.0497. The minimum atomic E-state index is -3.85. The van der Waals surface area contributed by atoms with E-state index >= 15 is 0 Å². The Bertz CT molecular complexity index is 1110. The van der Waals surface area contributed by atoms with Gasteiger partial charge < -0.3 is 15.0 Å². The molecule has 10 heteroatoms. The molecule has 0 saturated carbocycles. The van der Waals surface area contributed by atoms with Crippen LogP contribution in [0.4, 0.5) is 16.2 Å². The number of carbonyl (C=O) groups excluding carboxylic acids is 1. The number of sulfonamides is 1. The van der Waals surface area contributed by atoms with E-state index < -0.39 is 32.6 Å². The van der Waals surface area contributed by atoms with Gasteiger partial charge in [0.2, 0.25) is 10.0 Å².